The van der Waals surface area contributed by atoms with Gasteiger partial charge in [0.2, 0.25) is 0 Å². The van der Waals surface area contributed by atoms with E-state index in [1.807, 2.05) is 48.5 Å². The fourth-order valence-corrected chi connectivity index (χ4v) is 5.47. The number of esters is 2. The van der Waals surface area contributed by atoms with Crippen molar-refractivity contribution in [3.05, 3.63) is 96.1 Å². The predicted octanol–water partition coefficient (Wildman–Crippen LogP) is 7.27. The Morgan fingerprint density at radius 1 is 0.615 bits per heavy atom. The minimum absolute atomic E-state index is 0.232. The Kier molecular flexibility index (Phi) is 9.54. The van der Waals surface area contributed by atoms with Crippen molar-refractivity contribution in [1.29, 1.82) is 0 Å². The van der Waals surface area contributed by atoms with Gasteiger partial charge in [-0.2, -0.15) is 0 Å². The van der Waals surface area contributed by atoms with Crippen LogP contribution in [0.25, 0.3) is 22.3 Å². The number of benzene rings is 4. The van der Waals surface area contributed by atoms with Gasteiger partial charge < -0.3 is 20.9 Å². The standard InChI is InChI=1S/C30H28N2O5S2/c1-3-35-29(33)27-23(19-11-15-21(31)16-12-19)7-5-9-25(27)38-37-39-26-10-6-8-24(28(26)30(34)36-4-2)20-13-17-22(32)18-14-20/h5-18H,3-4,31-32H2,1-2H3. The Morgan fingerprint density at radius 2 is 1.00 bits per heavy atom. The molecule has 4 aromatic carbocycles. The first kappa shape index (κ1) is 28.1. The Hall–Kier alpha value is -3.92. The largest absolute Gasteiger partial charge is 0.462 e. The second-order valence-corrected chi connectivity index (χ2v) is 10.0. The van der Waals surface area contributed by atoms with Crippen LogP contribution in [0.4, 0.5) is 11.4 Å². The van der Waals surface area contributed by atoms with E-state index in [2.05, 4.69) is 0 Å². The molecule has 4 N–H and O–H groups in total. The average molecular weight is 561 g/mol. The molecule has 0 amide bonds. The van der Waals surface area contributed by atoms with Crippen LogP contribution in [0.1, 0.15) is 34.6 Å². The number of ether oxygens (including phenoxy) is 2. The van der Waals surface area contributed by atoms with Gasteiger partial charge in [0.15, 0.2) is 0 Å². The maximum atomic E-state index is 13.0. The van der Waals surface area contributed by atoms with Crippen molar-refractivity contribution < 1.29 is 22.7 Å². The highest BCUT2D eigenvalue weighted by atomic mass is 32.2. The fraction of sp³-hybridized carbons (Fsp3) is 0.133. The molecule has 0 atom stereocenters. The zero-order valence-corrected chi connectivity index (χ0v) is 23.1. The molecular weight excluding hydrogens is 532 g/mol. The summed E-state index contributed by atoms with van der Waals surface area (Å²) in [6.07, 6.45) is 0. The van der Waals surface area contributed by atoms with Crippen LogP contribution in [-0.2, 0) is 13.1 Å². The van der Waals surface area contributed by atoms with E-state index in [1.54, 1.807) is 50.2 Å². The summed E-state index contributed by atoms with van der Waals surface area (Å²) in [5.41, 5.74) is 16.8. The van der Waals surface area contributed by atoms with Crippen LogP contribution >= 0.6 is 24.1 Å². The van der Waals surface area contributed by atoms with Gasteiger partial charge in [-0.3, -0.25) is 0 Å². The highest BCUT2D eigenvalue weighted by molar-refractivity contribution is 8.08. The average Bonchev–Trinajstić information content (AvgIpc) is 2.94. The zero-order valence-electron chi connectivity index (χ0n) is 21.5. The van der Waals surface area contributed by atoms with Crippen molar-refractivity contribution in [1.82, 2.24) is 0 Å². The number of anilines is 2. The first-order valence-electron chi connectivity index (χ1n) is 12.3. The van der Waals surface area contributed by atoms with Crippen LogP contribution in [0.15, 0.2) is 94.7 Å². The van der Waals surface area contributed by atoms with Crippen molar-refractivity contribution in [3.63, 3.8) is 0 Å². The van der Waals surface area contributed by atoms with E-state index >= 15 is 0 Å². The van der Waals surface area contributed by atoms with Gasteiger partial charge in [-0.05, 0) is 72.5 Å². The minimum atomic E-state index is -0.460. The molecule has 0 saturated heterocycles. The van der Waals surface area contributed by atoms with Gasteiger partial charge in [-0.1, -0.05) is 48.5 Å². The monoisotopic (exact) mass is 560 g/mol. The Balaban J connectivity index is 1.65. The highest BCUT2D eigenvalue weighted by Crippen LogP contribution is 2.39. The number of hydrogen-bond acceptors (Lipinski definition) is 9. The van der Waals surface area contributed by atoms with Crippen LogP contribution in [0.5, 0.6) is 0 Å². The number of nitrogens with two attached hydrogens (primary N) is 2. The summed E-state index contributed by atoms with van der Waals surface area (Å²) in [5.74, 6) is -0.919. The molecule has 0 aliphatic carbocycles. The topological polar surface area (TPSA) is 114 Å². The SMILES string of the molecule is CCOC(=O)c1c(SOSc2cccc(-c3ccc(N)cc3)c2C(=O)OCC)cccc1-c1ccc(N)cc1. The van der Waals surface area contributed by atoms with E-state index in [0.29, 0.717) is 43.4 Å². The van der Waals surface area contributed by atoms with E-state index in [4.69, 9.17) is 24.6 Å². The smallest absolute Gasteiger partial charge is 0.339 e. The van der Waals surface area contributed by atoms with Crippen molar-refractivity contribution in [2.24, 2.45) is 0 Å². The third-order valence-electron chi connectivity index (χ3n) is 5.70. The molecule has 0 unspecified atom stereocenters. The maximum absolute atomic E-state index is 13.0. The van der Waals surface area contributed by atoms with Crippen molar-refractivity contribution >= 4 is 47.4 Å². The highest BCUT2D eigenvalue weighted by Gasteiger charge is 2.22. The van der Waals surface area contributed by atoms with Crippen LogP contribution in [0, 0.1) is 0 Å². The van der Waals surface area contributed by atoms with Gasteiger partial charge in [-0.25, -0.2) is 13.2 Å². The molecule has 200 valence electrons. The van der Waals surface area contributed by atoms with E-state index in [0.717, 1.165) is 35.2 Å². The summed E-state index contributed by atoms with van der Waals surface area (Å²) in [5, 5.41) is 0. The fourth-order valence-electron chi connectivity index (χ4n) is 3.93. The van der Waals surface area contributed by atoms with E-state index < -0.39 is 11.9 Å². The predicted molar refractivity (Wildman–Crippen MR) is 157 cm³/mol. The molecule has 0 heterocycles. The van der Waals surface area contributed by atoms with Gasteiger partial charge in [0.1, 0.15) is 0 Å². The summed E-state index contributed by atoms with van der Waals surface area (Å²) in [6, 6.07) is 25.5. The van der Waals surface area contributed by atoms with E-state index in [1.165, 1.54) is 0 Å². The molecule has 7 nitrogen and oxygen atoms in total. The number of carbonyl (C=O) groups excluding carboxylic acids is 2. The number of hydrogen-bond donors (Lipinski definition) is 2. The van der Waals surface area contributed by atoms with Crippen molar-refractivity contribution in [3.8, 4) is 22.3 Å². The van der Waals surface area contributed by atoms with Crippen molar-refractivity contribution in [2.45, 2.75) is 23.6 Å². The van der Waals surface area contributed by atoms with Gasteiger partial charge >= 0.3 is 11.9 Å². The summed E-state index contributed by atoms with van der Waals surface area (Å²) in [7, 11) is 0. The van der Waals surface area contributed by atoms with Crippen LogP contribution in [-0.4, -0.2) is 25.2 Å². The van der Waals surface area contributed by atoms with Crippen LogP contribution in [0.2, 0.25) is 0 Å². The molecule has 4 aromatic rings. The molecule has 0 aromatic heterocycles. The van der Waals surface area contributed by atoms with E-state index in [-0.39, 0.29) is 13.2 Å². The molecule has 0 fully saturated rings. The third-order valence-corrected chi connectivity index (χ3v) is 7.29. The molecule has 39 heavy (non-hydrogen) atoms. The number of rotatable bonds is 10. The van der Waals surface area contributed by atoms with Crippen LogP contribution in [0.3, 0.4) is 0 Å². The molecule has 4 rings (SSSR count). The Bertz CT molecular complexity index is 1350. The van der Waals surface area contributed by atoms with Crippen LogP contribution < -0.4 is 11.5 Å². The maximum Gasteiger partial charge on any atom is 0.339 e. The molecule has 0 aliphatic heterocycles. The first-order chi connectivity index (χ1) is 18.9. The lowest BCUT2D eigenvalue weighted by Gasteiger charge is -2.15. The zero-order chi connectivity index (χ0) is 27.8. The van der Waals surface area contributed by atoms with Gasteiger partial charge in [0.05, 0.1) is 34.1 Å². The summed E-state index contributed by atoms with van der Waals surface area (Å²) in [4.78, 5) is 27.2. The summed E-state index contributed by atoms with van der Waals surface area (Å²) in [6.45, 7) is 3.98. The van der Waals surface area contributed by atoms with Gasteiger partial charge in [0.25, 0.3) is 0 Å². The third kappa shape index (κ3) is 6.75. The molecule has 9 heteroatoms. The second kappa shape index (κ2) is 13.2. The van der Waals surface area contributed by atoms with Crippen molar-refractivity contribution in [2.75, 3.05) is 24.7 Å². The molecule has 0 spiro atoms. The molecule has 0 radical (unpaired) electrons. The molecule has 0 bridgehead atoms. The normalized spacial score (nSPS) is 10.7. The quantitative estimate of drug-likeness (QED) is 0.117. The first-order valence-corrected chi connectivity index (χ1v) is 13.7. The Labute approximate surface area is 236 Å². The molecule has 0 saturated carbocycles. The lowest BCUT2D eigenvalue weighted by molar-refractivity contribution is 0.0513. The number of carbonyl (C=O) groups is 2. The molecular formula is C30H28N2O5S2. The Morgan fingerprint density at radius 3 is 1.36 bits per heavy atom. The minimum Gasteiger partial charge on any atom is -0.462 e. The van der Waals surface area contributed by atoms with Gasteiger partial charge in [0, 0.05) is 35.5 Å². The van der Waals surface area contributed by atoms with Gasteiger partial charge in [-0.15, -0.1) is 0 Å². The van der Waals surface area contributed by atoms with E-state index in [9.17, 15) is 9.59 Å². The summed E-state index contributed by atoms with van der Waals surface area (Å²) < 4.78 is 16.7. The number of nitrogen functional groups attached to an aromatic ring is 2. The summed E-state index contributed by atoms with van der Waals surface area (Å²) >= 11 is 2.03. The lowest BCUT2D eigenvalue weighted by Crippen LogP contribution is -2.09. The molecule has 0 aliphatic rings. The second-order valence-electron chi connectivity index (χ2n) is 8.28. The lowest BCUT2D eigenvalue weighted by atomic mass is 9.99.